The average molecular weight is 152 g/mol. The maximum atomic E-state index is 2.50. The van der Waals surface area contributed by atoms with Crippen LogP contribution < -0.4 is 0 Å². The second-order valence-electron chi connectivity index (χ2n) is 5.00. The van der Waals surface area contributed by atoms with E-state index in [4.69, 9.17) is 0 Å². The third-order valence-electron chi connectivity index (χ3n) is 3.66. The lowest BCUT2D eigenvalue weighted by molar-refractivity contribution is 0.292. The molecule has 0 amide bonds. The van der Waals surface area contributed by atoms with Crippen LogP contribution in [0.1, 0.15) is 58.3 Å². The fourth-order valence-corrected chi connectivity index (χ4v) is 2.44. The summed E-state index contributed by atoms with van der Waals surface area (Å²) in [6, 6.07) is 0. The molecule has 0 nitrogen and oxygen atoms in total. The summed E-state index contributed by atoms with van der Waals surface area (Å²) in [7, 11) is 0. The first kappa shape index (κ1) is 7.64. The largest absolute Gasteiger partial charge is 0.0596 e. The van der Waals surface area contributed by atoms with Gasteiger partial charge in [0.15, 0.2) is 0 Å². The Bertz CT molecular complexity index is 127. The molecule has 64 valence electrons. The Morgan fingerprint density at radius 2 is 1.82 bits per heavy atom. The standard InChI is InChI=1S/C11H20/c1-11(7-2-3-8-11)9-6-10-4-5-10/h10H,2-9H2,1H3. The fraction of sp³-hybridized carbons (Fsp3) is 1.00. The van der Waals surface area contributed by atoms with Crippen LogP contribution in [0.4, 0.5) is 0 Å². The third kappa shape index (κ3) is 1.98. The van der Waals surface area contributed by atoms with Gasteiger partial charge in [0.1, 0.15) is 0 Å². The molecule has 0 aromatic rings. The topological polar surface area (TPSA) is 0 Å². The lowest BCUT2D eigenvalue weighted by Crippen LogP contribution is -2.10. The maximum absolute atomic E-state index is 2.50. The van der Waals surface area contributed by atoms with Gasteiger partial charge in [-0.15, -0.1) is 0 Å². The maximum Gasteiger partial charge on any atom is -0.0326 e. The number of hydrogen-bond acceptors (Lipinski definition) is 0. The molecule has 2 aliphatic carbocycles. The molecule has 0 radical (unpaired) electrons. The molecule has 0 atom stereocenters. The van der Waals surface area contributed by atoms with Crippen molar-refractivity contribution in [2.45, 2.75) is 58.3 Å². The van der Waals surface area contributed by atoms with Gasteiger partial charge < -0.3 is 0 Å². The first-order chi connectivity index (χ1) is 5.29. The zero-order chi connectivity index (χ0) is 7.73. The molecule has 11 heavy (non-hydrogen) atoms. The van der Waals surface area contributed by atoms with Crippen molar-refractivity contribution in [3.8, 4) is 0 Å². The highest BCUT2D eigenvalue weighted by molar-refractivity contribution is 4.83. The van der Waals surface area contributed by atoms with Gasteiger partial charge in [-0.2, -0.15) is 0 Å². The molecular weight excluding hydrogens is 132 g/mol. The molecule has 0 aromatic carbocycles. The summed E-state index contributed by atoms with van der Waals surface area (Å²) in [5.74, 6) is 1.15. The molecular formula is C11H20. The fourth-order valence-electron chi connectivity index (χ4n) is 2.44. The van der Waals surface area contributed by atoms with Gasteiger partial charge in [0.2, 0.25) is 0 Å². The van der Waals surface area contributed by atoms with Crippen LogP contribution in [0.3, 0.4) is 0 Å². The SMILES string of the molecule is CC1(CCC2CC2)CCCC1. The molecule has 0 heteroatoms. The van der Waals surface area contributed by atoms with Crippen LogP contribution in [0, 0.1) is 11.3 Å². The highest BCUT2D eigenvalue weighted by Crippen LogP contribution is 2.45. The van der Waals surface area contributed by atoms with Crippen LogP contribution in [0.25, 0.3) is 0 Å². The summed E-state index contributed by atoms with van der Waals surface area (Å²) < 4.78 is 0. The molecule has 0 saturated heterocycles. The molecule has 0 aromatic heterocycles. The van der Waals surface area contributed by atoms with Crippen molar-refractivity contribution in [3.63, 3.8) is 0 Å². The molecule has 0 spiro atoms. The van der Waals surface area contributed by atoms with Gasteiger partial charge in [-0.1, -0.05) is 32.6 Å². The monoisotopic (exact) mass is 152 g/mol. The summed E-state index contributed by atoms with van der Waals surface area (Å²) in [6.07, 6.45) is 12.2. The zero-order valence-electron chi connectivity index (χ0n) is 7.73. The molecule has 2 fully saturated rings. The van der Waals surface area contributed by atoms with E-state index in [9.17, 15) is 0 Å². The van der Waals surface area contributed by atoms with Gasteiger partial charge in [0.05, 0.1) is 0 Å². The Morgan fingerprint density at radius 3 is 2.36 bits per heavy atom. The van der Waals surface area contributed by atoms with Gasteiger partial charge in [0, 0.05) is 0 Å². The van der Waals surface area contributed by atoms with Gasteiger partial charge in [-0.3, -0.25) is 0 Å². The van der Waals surface area contributed by atoms with Crippen molar-refractivity contribution in [1.29, 1.82) is 0 Å². The van der Waals surface area contributed by atoms with Crippen LogP contribution in [0.2, 0.25) is 0 Å². The summed E-state index contributed by atoms with van der Waals surface area (Å²) in [4.78, 5) is 0. The first-order valence-corrected chi connectivity index (χ1v) is 5.29. The Balaban J connectivity index is 1.73. The highest BCUT2D eigenvalue weighted by Gasteiger charge is 2.31. The number of rotatable bonds is 3. The average Bonchev–Trinajstić information content (AvgIpc) is 2.73. The lowest BCUT2D eigenvalue weighted by Gasteiger charge is -2.22. The van der Waals surface area contributed by atoms with E-state index in [1.54, 1.807) is 0 Å². The molecule has 2 aliphatic rings. The summed E-state index contributed by atoms with van der Waals surface area (Å²) >= 11 is 0. The summed E-state index contributed by atoms with van der Waals surface area (Å²) in [6.45, 7) is 2.50. The van der Waals surface area contributed by atoms with E-state index in [0.29, 0.717) is 0 Å². The molecule has 2 saturated carbocycles. The van der Waals surface area contributed by atoms with Crippen LogP contribution in [-0.2, 0) is 0 Å². The molecule has 0 heterocycles. The minimum absolute atomic E-state index is 0.766. The van der Waals surface area contributed by atoms with E-state index in [1.807, 2.05) is 0 Å². The van der Waals surface area contributed by atoms with E-state index >= 15 is 0 Å². The van der Waals surface area contributed by atoms with Crippen molar-refractivity contribution < 1.29 is 0 Å². The molecule has 0 unspecified atom stereocenters. The summed E-state index contributed by atoms with van der Waals surface area (Å²) in [5.41, 5.74) is 0.766. The Hall–Kier alpha value is 0. The second kappa shape index (κ2) is 2.80. The normalized spacial score (nSPS) is 29.2. The van der Waals surface area contributed by atoms with Crippen LogP contribution in [0.15, 0.2) is 0 Å². The first-order valence-electron chi connectivity index (χ1n) is 5.29. The van der Waals surface area contributed by atoms with Gasteiger partial charge in [-0.25, -0.2) is 0 Å². The minimum atomic E-state index is 0.766. The smallest absolute Gasteiger partial charge is 0.0326 e. The van der Waals surface area contributed by atoms with Crippen LogP contribution >= 0.6 is 0 Å². The molecule has 0 bridgehead atoms. The molecule has 0 N–H and O–H groups in total. The Labute approximate surface area is 70.4 Å². The van der Waals surface area contributed by atoms with Crippen molar-refractivity contribution >= 4 is 0 Å². The van der Waals surface area contributed by atoms with Crippen molar-refractivity contribution in [3.05, 3.63) is 0 Å². The van der Waals surface area contributed by atoms with E-state index in [1.165, 1.54) is 51.4 Å². The van der Waals surface area contributed by atoms with Crippen molar-refractivity contribution in [1.82, 2.24) is 0 Å². The third-order valence-corrected chi connectivity index (χ3v) is 3.66. The van der Waals surface area contributed by atoms with Crippen molar-refractivity contribution in [2.75, 3.05) is 0 Å². The van der Waals surface area contributed by atoms with Crippen molar-refractivity contribution in [2.24, 2.45) is 11.3 Å². The van der Waals surface area contributed by atoms with E-state index in [-0.39, 0.29) is 0 Å². The highest BCUT2D eigenvalue weighted by atomic mass is 14.4. The lowest BCUT2D eigenvalue weighted by atomic mass is 9.83. The van der Waals surface area contributed by atoms with Crippen LogP contribution in [-0.4, -0.2) is 0 Å². The van der Waals surface area contributed by atoms with E-state index < -0.39 is 0 Å². The zero-order valence-corrected chi connectivity index (χ0v) is 7.73. The minimum Gasteiger partial charge on any atom is -0.0596 e. The predicted octanol–water partition coefficient (Wildman–Crippen LogP) is 3.76. The molecule has 2 rings (SSSR count). The second-order valence-corrected chi connectivity index (χ2v) is 5.00. The van der Waals surface area contributed by atoms with Crippen LogP contribution in [0.5, 0.6) is 0 Å². The van der Waals surface area contributed by atoms with Gasteiger partial charge >= 0.3 is 0 Å². The summed E-state index contributed by atoms with van der Waals surface area (Å²) in [5, 5.41) is 0. The predicted molar refractivity (Wildman–Crippen MR) is 48.5 cm³/mol. The van der Waals surface area contributed by atoms with E-state index in [2.05, 4.69) is 6.92 Å². The Kier molecular flexibility index (Phi) is 1.95. The quantitative estimate of drug-likeness (QED) is 0.577. The molecule has 0 aliphatic heterocycles. The van der Waals surface area contributed by atoms with Gasteiger partial charge in [-0.05, 0) is 37.0 Å². The Morgan fingerprint density at radius 1 is 1.18 bits per heavy atom. The van der Waals surface area contributed by atoms with E-state index in [0.717, 1.165) is 11.3 Å². The van der Waals surface area contributed by atoms with Gasteiger partial charge in [0.25, 0.3) is 0 Å². The number of hydrogen-bond donors (Lipinski definition) is 0.